The minimum absolute atomic E-state index is 0.347. The van der Waals surface area contributed by atoms with E-state index in [1.165, 1.54) is 0 Å². The number of carbonyl (C=O) groups excluding carboxylic acids is 1. The van der Waals surface area contributed by atoms with Crippen LogP contribution in [0.1, 0.15) is 18.9 Å². The number of hydrogen-bond acceptors (Lipinski definition) is 3. The summed E-state index contributed by atoms with van der Waals surface area (Å²) < 4.78 is 4.81. The van der Waals surface area contributed by atoms with Crippen molar-refractivity contribution < 1.29 is 9.53 Å². The molecular formula is C13H17NO2. The third-order valence-electron chi connectivity index (χ3n) is 2.09. The van der Waals surface area contributed by atoms with Crippen LogP contribution >= 0.6 is 0 Å². The van der Waals surface area contributed by atoms with Crippen molar-refractivity contribution in [3.8, 4) is 0 Å². The van der Waals surface area contributed by atoms with Gasteiger partial charge in [0.25, 0.3) is 0 Å². The number of benzene rings is 1. The van der Waals surface area contributed by atoms with Gasteiger partial charge in [-0.25, -0.2) is 0 Å². The van der Waals surface area contributed by atoms with Crippen LogP contribution in [0.4, 0.5) is 0 Å². The van der Waals surface area contributed by atoms with E-state index < -0.39 is 6.04 Å². The molecule has 0 saturated carbocycles. The summed E-state index contributed by atoms with van der Waals surface area (Å²) in [6.45, 7) is 2.14. The second kappa shape index (κ2) is 6.80. The fourth-order valence-electron chi connectivity index (χ4n) is 1.26. The molecule has 3 nitrogen and oxygen atoms in total. The van der Waals surface area contributed by atoms with Gasteiger partial charge in [0.2, 0.25) is 0 Å². The fourth-order valence-corrected chi connectivity index (χ4v) is 1.26. The topological polar surface area (TPSA) is 52.3 Å². The zero-order valence-electron chi connectivity index (χ0n) is 9.43. The molecule has 1 atom stereocenters. The molecule has 0 aliphatic heterocycles. The van der Waals surface area contributed by atoms with Crippen molar-refractivity contribution in [1.29, 1.82) is 0 Å². The van der Waals surface area contributed by atoms with Crippen LogP contribution < -0.4 is 5.73 Å². The van der Waals surface area contributed by atoms with Gasteiger partial charge in [0.1, 0.15) is 6.04 Å². The van der Waals surface area contributed by atoms with Crippen molar-refractivity contribution in [3.63, 3.8) is 0 Å². The van der Waals surface area contributed by atoms with Gasteiger partial charge >= 0.3 is 5.97 Å². The number of carbonyl (C=O) groups is 1. The van der Waals surface area contributed by atoms with Gasteiger partial charge < -0.3 is 10.5 Å². The Bertz CT molecular complexity index is 346. The molecule has 0 fully saturated rings. The molecule has 0 saturated heterocycles. The first-order chi connectivity index (χ1) is 7.74. The number of hydrogen-bond donors (Lipinski definition) is 1. The maximum absolute atomic E-state index is 11.2. The van der Waals surface area contributed by atoms with E-state index in [2.05, 4.69) is 0 Å². The van der Waals surface area contributed by atoms with Gasteiger partial charge in [-0.15, -0.1) is 0 Å². The monoisotopic (exact) mass is 219 g/mol. The minimum atomic E-state index is -0.570. The van der Waals surface area contributed by atoms with Crippen LogP contribution in [0.5, 0.6) is 0 Å². The van der Waals surface area contributed by atoms with Gasteiger partial charge in [0, 0.05) is 0 Å². The average molecular weight is 219 g/mol. The third-order valence-corrected chi connectivity index (χ3v) is 2.09. The summed E-state index contributed by atoms with van der Waals surface area (Å²) in [4.78, 5) is 11.2. The molecule has 86 valence electrons. The molecule has 16 heavy (non-hydrogen) atoms. The Morgan fingerprint density at radius 3 is 2.75 bits per heavy atom. The van der Waals surface area contributed by atoms with Crippen LogP contribution in [0.25, 0.3) is 6.08 Å². The second-order valence-electron chi connectivity index (χ2n) is 3.41. The summed E-state index contributed by atoms with van der Waals surface area (Å²) in [6, 6.07) is 9.30. The van der Waals surface area contributed by atoms with Gasteiger partial charge in [-0.2, -0.15) is 0 Å². The number of rotatable bonds is 5. The van der Waals surface area contributed by atoms with Gasteiger partial charge in [0.15, 0.2) is 0 Å². The Morgan fingerprint density at radius 2 is 2.12 bits per heavy atom. The van der Waals surface area contributed by atoms with E-state index in [0.717, 1.165) is 5.56 Å². The van der Waals surface area contributed by atoms with E-state index in [-0.39, 0.29) is 5.97 Å². The second-order valence-corrected chi connectivity index (χ2v) is 3.41. The predicted octanol–water partition coefficient (Wildman–Crippen LogP) is 1.98. The molecule has 0 heterocycles. The van der Waals surface area contributed by atoms with Crippen molar-refractivity contribution in [1.82, 2.24) is 0 Å². The summed E-state index contributed by atoms with van der Waals surface area (Å²) in [5.41, 5.74) is 6.74. The number of nitrogens with two attached hydrogens (primary N) is 1. The number of esters is 1. The Balaban J connectivity index is 2.40. The van der Waals surface area contributed by atoms with E-state index in [9.17, 15) is 4.79 Å². The van der Waals surface area contributed by atoms with Gasteiger partial charge in [-0.05, 0) is 18.9 Å². The largest absolute Gasteiger partial charge is 0.465 e. The molecular weight excluding hydrogens is 202 g/mol. The highest BCUT2D eigenvalue weighted by molar-refractivity contribution is 5.75. The van der Waals surface area contributed by atoms with Crippen LogP contribution in [0.15, 0.2) is 36.4 Å². The van der Waals surface area contributed by atoms with E-state index in [0.29, 0.717) is 13.0 Å². The molecule has 0 radical (unpaired) electrons. The molecule has 0 spiro atoms. The third kappa shape index (κ3) is 4.28. The van der Waals surface area contributed by atoms with Crippen LogP contribution in [0.3, 0.4) is 0 Å². The summed E-state index contributed by atoms with van der Waals surface area (Å²) in [7, 11) is 0. The lowest BCUT2D eigenvalue weighted by Gasteiger charge is -2.07. The first-order valence-corrected chi connectivity index (χ1v) is 5.38. The first kappa shape index (κ1) is 12.5. The van der Waals surface area contributed by atoms with Gasteiger partial charge in [0.05, 0.1) is 6.61 Å². The van der Waals surface area contributed by atoms with Crippen molar-refractivity contribution in [2.45, 2.75) is 19.4 Å². The zero-order chi connectivity index (χ0) is 11.8. The van der Waals surface area contributed by atoms with E-state index in [1.807, 2.05) is 42.5 Å². The molecule has 0 aliphatic rings. The molecule has 3 heteroatoms. The quantitative estimate of drug-likeness (QED) is 0.770. The smallest absolute Gasteiger partial charge is 0.323 e. The highest BCUT2D eigenvalue weighted by Gasteiger charge is 2.11. The maximum atomic E-state index is 11.2. The standard InChI is InChI=1S/C13H17NO2/c1-2-16-13(15)12(14)10-6-9-11-7-4-3-5-8-11/h3-9,12H,2,10,14H2,1H3. The maximum Gasteiger partial charge on any atom is 0.323 e. The Labute approximate surface area is 95.9 Å². The predicted molar refractivity (Wildman–Crippen MR) is 64.7 cm³/mol. The SMILES string of the molecule is CCOC(=O)C(N)CC=Cc1ccccc1. The molecule has 0 aliphatic carbocycles. The highest BCUT2D eigenvalue weighted by Crippen LogP contribution is 2.03. The summed E-state index contributed by atoms with van der Waals surface area (Å²) >= 11 is 0. The average Bonchev–Trinajstić information content (AvgIpc) is 2.30. The molecule has 2 N–H and O–H groups in total. The Morgan fingerprint density at radius 1 is 1.44 bits per heavy atom. The highest BCUT2D eigenvalue weighted by atomic mass is 16.5. The summed E-state index contributed by atoms with van der Waals surface area (Å²) in [5.74, 6) is -0.347. The number of ether oxygens (including phenoxy) is 1. The summed E-state index contributed by atoms with van der Waals surface area (Å²) in [5, 5.41) is 0. The molecule has 0 bridgehead atoms. The van der Waals surface area contributed by atoms with Gasteiger partial charge in [-0.3, -0.25) is 4.79 Å². The lowest BCUT2D eigenvalue weighted by atomic mass is 10.1. The van der Waals surface area contributed by atoms with Crippen molar-refractivity contribution >= 4 is 12.0 Å². The van der Waals surface area contributed by atoms with Crippen molar-refractivity contribution in [3.05, 3.63) is 42.0 Å². The first-order valence-electron chi connectivity index (χ1n) is 5.38. The Hall–Kier alpha value is -1.61. The minimum Gasteiger partial charge on any atom is -0.465 e. The lowest BCUT2D eigenvalue weighted by molar-refractivity contribution is -0.144. The van der Waals surface area contributed by atoms with E-state index in [4.69, 9.17) is 10.5 Å². The van der Waals surface area contributed by atoms with E-state index in [1.54, 1.807) is 6.92 Å². The fraction of sp³-hybridized carbons (Fsp3) is 0.308. The molecule has 0 aromatic heterocycles. The van der Waals surface area contributed by atoms with Crippen LogP contribution in [-0.4, -0.2) is 18.6 Å². The van der Waals surface area contributed by atoms with Crippen LogP contribution in [0, 0.1) is 0 Å². The summed E-state index contributed by atoms with van der Waals surface area (Å²) in [6.07, 6.45) is 4.32. The normalized spacial score (nSPS) is 12.6. The molecule has 1 unspecified atom stereocenters. The van der Waals surface area contributed by atoms with Gasteiger partial charge in [-0.1, -0.05) is 42.5 Å². The van der Waals surface area contributed by atoms with Crippen LogP contribution in [-0.2, 0) is 9.53 Å². The van der Waals surface area contributed by atoms with E-state index >= 15 is 0 Å². The lowest BCUT2D eigenvalue weighted by Crippen LogP contribution is -2.31. The molecule has 0 amide bonds. The molecule has 1 aromatic carbocycles. The molecule has 1 aromatic rings. The van der Waals surface area contributed by atoms with Crippen LogP contribution in [0.2, 0.25) is 0 Å². The molecule has 1 rings (SSSR count). The zero-order valence-corrected chi connectivity index (χ0v) is 9.43. The Kier molecular flexibility index (Phi) is 5.29. The van der Waals surface area contributed by atoms with Crippen molar-refractivity contribution in [2.75, 3.05) is 6.61 Å². The van der Waals surface area contributed by atoms with Crippen molar-refractivity contribution in [2.24, 2.45) is 5.73 Å².